The molecule has 1 aromatic rings. The van der Waals surface area contributed by atoms with Crippen molar-refractivity contribution in [1.29, 1.82) is 0 Å². The lowest BCUT2D eigenvalue weighted by atomic mass is 9.82. The Balaban J connectivity index is 2.38. The van der Waals surface area contributed by atoms with Crippen LogP contribution in [0, 0.1) is 0 Å². The topological polar surface area (TPSA) is 105 Å². The Kier molecular flexibility index (Phi) is 5.04. The van der Waals surface area contributed by atoms with Crippen LogP contribution in [0.5, 0.6) is 0 Å². The van der Waals surface area contributed by atoms with Crippen LogP contribution < -0.4 is 10.5 Å². The fraction of sp³-hybridized carbons (Fsp3) is 0.545. The molecule has 0 amide bonds. The molecule has 0 atom stereocenters. The monoisotopic (exact) mass is 371 g/mol. The minimum Gasteiger partial charge on any atom is -0.409 e. The molecule has 1 heterocycles. The third-order valence-corrected chi connectivity index (χ3v) is 6.84. The van der Waals surface area contributed by atoms with Gasteiger partial charge in [0.25, 0.3) is 0 Å². The summed E-state index contributed by atoms with van der Waals surface area (Å²) in [5.74, 6) is -0.136. The Labute approximate surface area is 137 Å². The second kappa shape index (κ2) is 6.29. The fourth-order valence-corrected chi connectivity index (χ4v) is 6.07. The van der Waals surface area contributed by atoms with Gasteiger partial charge in [-0.05, 0) is 18.9 Å². The molecule has 0 saturated heterocycles. The number of amidine groups is 1. The van der Waals surface area contributed by atoms with Gasteiger partial charge in [-0.25, -0.2) is 8.42 Å². The average molecular weight is 372 g/mol. The number of nitrogens with one attached hydrogen (secondary N) is 1. The van der Waals surface area contributed by atoms with Crippen molar-refractivity contribution in [3.63, 3.8) is 0 Å². The smallest absolute Gasteiger partial charge is 0.243 e. The zero-order chi connectivity index (χ0) is 15.7. The lowest BCUT2D eigenvalue weighted by molar-refractivity contribution is 0.294. The van der Waals surface area contributed by atoms with Crippen LogP contribution in [0.3, 0.4) is 0 Å². The highest BCUT2D eigenvalue weighted by Crippen LogP contribution is 2.36. The lowest BCUT2D eigenvalue weighted by Gasteiger charge is -2.36. The Morgan fingerprint density at radius 2 is 2.00 bits per heavy atom. The normalized spacial score (nSPS) is 19.6. The first-order valence-electron chi connectivity index (χ1n) is 6.27. The minimum absolute atomic E-state index is 0.0815. The van der Waals surface area contributed by atoms with Crippen molar-refractivity contribution in [2.75, 3.05) is 0 Å². The van der Waals surface area contributed by atoms with Gasteiger partial charge in [-0.15, -0.1) is 11.3 Å². The molecule has 1 saturated carbocycles. The maximum Gasteiger partial charge on any atom is 0.243 e. The summed E-state index contributed by atoms with van der Waals surface area (Å²) in [6, 6.07) is 1.29. The van der Waals surface area contributed by atoms with E-state index < -0.39 is 15.6 Å². The van der Waals surface area contributed by atoms with E-state index in [2.05, 4.69) is 9.88 Å². The van der Waals surface area contributed by atoms with E-state index in [9.17, 15) is 8.42 Å². The molecule has 2 rings (SSSR count). The molecule has 10 heteroatoms. The molecule has 1 aliphatic carbocycles. The molecule has 0 spiro atoms. The number of nitrogens with two attached hydrogens (primary N) is 1. The standard InChI is InChI=1S/C11H15Cl2N3O3S2/c12-8-6-7(9(13)20-8)21(18,19)16-11(10(14)15-17)4-2-1-3-5-11/h6,16-17H,1-5H2,(H2,14,15). The Hall–Kier alpha value is -0.540. The molecule has 0 aromatic carbocycles. The van der Waals surface area contributed by atoms with E-state index in [1.807, 2.05) is 0 Å². The molecule has 6 nitrogen and oxygen atoms in total. The van der Waals surface area contributed by atoms with E-state index >= 15 is 0 Å². The molecule has 1 aromatic heterocycles. The van der Waals surface area contributed by atoms with Crippen molar-refractivity contribution in [2.45, 2.75) is 42.5 Å². The maximum absolute atomic E-state index is 12.5. The van der Waals surface area contributed by atoms with Gasteiger partial charge in [0, 0.05) is 0 Å². The first-order valence-corrected chi connectivity index (χ1v) is 9.33. The zero-order valence-corrected chi connectivity index (χ0v) is 14.1. The van der Waals surface area contributed by atoms with E-state index in [1.165, 1.54) is 6.07 Å². The molecule has 0 bridgehead atoms. The first kappa shape index (κ1) is 16.8. The van der Waals surface area contributed by atoms with Crippen LogP contribution in [-0.2, 0) is 10.0 Å². The predicted molar refractivity (Wildman–Crippen MR) is 83.9 cm³/mol. The summed E-state index contributed by atoms with van der Waals surface area (Å²) in [6.45, 7) is 0. The van der Waals surface area contributed by atoms with E-state index in [0.29, 0.717) is 12.8 Å². The number of sulfonamides is 1. The van der Waals surface area contributed by atoms with Crippen molar-refractivity contribution in [2.24, 2.45) is 10.9 Å². The number of nitrogens with zero attached hydrogens (tertiary/aromatic N) is 1. The van der Waals surface area contributed by atoms with E-state index in [-0.39, 0.29) is 19.4 Å². The van der Waals surface area contributed by atoms with Crippen molar-refractivity contribution >= 4 is 50.4 Å². The van der Waals surface area contributed by atoms with Gasteiger partial charge < -0.3 is 10.9 Å². The molecule has 0 aliphatic heterocycles. The third-order valence-electron chi connectivity index (χ3n) is 3.55. The molecular formula is C11H15Cl2N3O3S2. The number of oxime groups is 1. The van der Waals surface area contributed by atoms with Gasteiger partial charge in [-0.3, -0.25) is 0 Å². The number of halogens is 2. The minimum atomic E-state index is -3.91. The van der Waals surface area contributed by atoms with Gasteiger partial charge >= 0.3 is 0 Å². The van der Waals surface area contributed by atoms with Crippen LogP contribution in [0.25, 0.3) is 0 Å². The summed E-state index contributed by atoms with van der Waals surface area (Å²) in [5.41, 5.74) is 4.65. The summed E-state index contributed by atoms with van der Waals surface area (Å²) in [6.07, 6.45) is 3.50. The van der Waals surface area contributed by atoms with E-state index in [4.69, 9.17) is 34.1 Å². The van der Waals surface area contributed by atoms with E-state index in [0.717, 1.165) is 30.6 Å². The van der Waals surface area contributed by atoms with Gasteiger partial charge in [0.1, 0.15) is 9.23 Å². The van der Waals surface area contributed by atoms with Gasteiger partial charge in [0.05, 0.1) is 9.88 Å². The zero-order valence-electron chi connectivity index (χ0n) is 11.0. The molecule has 21 heavy (non-hydrogen) atoms. The quantitative estimate of drug-likeness (QED) is 0.327. The summed E-state index contributed by atoms with van der Waals surface area (Å²) >= 11 is 12.7. The summed E-state index contributed by atoms with van der Waals surface area (Å²) in [4.78, 5) is -0.0881. The summed E-state index contributed by atoms with van der Waals surface area (Å²) in [5, 5.41) is 12.0. The molecular weight excluding hydrogens is 357 g/mol. The second-order valence-electron chi connectivity index (χ2n) is 4.92. The van der Waals surface area contributed by atoms with Crippen molar-refractivity contribution in [1.82, 2.24) is 4.72 Å². The van der Waals surface area contributed by atoms with Crippen LogP contribution in [-0.4, -0.2) is 25.0 Å². The average Bonchev–Trinajstić information content (AvgIpc) is 2.78. The highest BCUT2D eigenvalue weighted by Gasteiger charge is 2.41. The van der Waals surface area contributed by atoms with Crippen LogP contribution in [0.4, 0.5) is 0 Å². The SMILES string of the molecule is N/C(=N/O)C1(NS(=O)(=O)c2cc(Cl)sc2Cl)CCCCC1. The van der Waals surface area contributed by atoms with Gasteiger partial charge in [0.15, 0.2) is 5.84 Å². The van der Waals surface area contributed by atoms with Crippen LogP contribution in [0.2, 0.25) is 8.67 Å². The maximum atomic E-state index is 12.5. The van der Waals surface area contributed by atoms with Crippen molar-refractivity contribution in [3.05, 3.63) is 14.7 Å². The molecule has 0 radical (unpaired) electrons. The van der Waals surface area contributed by atoms with E-state index in [1.54, 1.807) is 0 Å². The Bertz CT molecular complexity index is 652. The molecule has 0 unspecified atom stereocenters. The van der Waals surface area contributed by atoms with Crippen LogP contribution in [0.1, 0.15) is 32.1 Å². The number of rotatable bonds is 4. The number of thiophene rings is 1. The number of hydrogen-bond acceptors (Lipinski definition) is 5. The lowest BCUT2D eigenvalue weighted by Crippen LogP contribution is -2.58. The predicted octanol–water partition coefficient (Wildman–Crippen LogP) is 2.78. The number of hydrogen-bond donors (Lipinski definition) is 3. The fourth-order valence-electron chi connectivity index (χ4n) is 2.48. The Morgan fingerprint density at radius 1 is 1.38 bits per heavy atom. The molecule has 1 fully saturated rings. The summed E-state index contributed by atoms with van der Waals surface area (Å²) < 4.78 is 28.0. The highest BCUT2D eigenvalue weighted by molar-refractivity contribution is 7.90. The van der Waals surface area contributed by atoms with Crippen molar-refractivity contribution in [3.8, 4) is 0 Å². The second-order valence-corrected chi connectivity index (χ2v) is 8.86. The summed E-state index contributed by atoms with van der Waals surface area (Å²) in [7, 11) is -3.91. The highest BCUT2D eigenvalue weighted by atomic mass is 35.5. The van der Waals surface area contributed by atoms with Crippen LogP contribution >= 0.6 is 34.5 Å². The molecule has 1 aliphatic rings. The first-order chi connectivity index (χ1) is 9.81. The van der Waals surface area contributed by atoms with Crippen molar-refractivity contribution < 1.29 is 13.6 Å². The van der Waals surface area contributed by atoms with Gasteiger partial charge in [-0.2, -0.15) is 4.72 Å². The molecule has 118 valence electrons. The van der Waals surface area contributed by atoms with Crippen LogP contribution in [0.15, 0.2) is 16.1 Å². The third kappa shape index (κ3) is 3.45. The Morgan fingerprint density at radius 3 is 2.48 bits per heavy atom. The van der Waals surface area contributed by atoms with Gasteiger partial charge in [0.2, 0.25) is 10.0 Å². The largest absolute Gasteiger partial charge is 0.409 e. The molecule has 4 N–H and O–H groups in total. The van der Waals surface area contributed by atoms with Gasteiger partial charge in [-0.1, -0.05) is 47.6 Å².